The van der Waals surface area contributed by atoms with E-state index in [1.807, 2.05) is 6.07 Å². The molecule has 0 spiro atoms. The third-order valence-electron chi connectivity index (χ3n) is 3.12. The molecule has 1 N–H and O–H groups in total. The van der Waals surface area contributed by atoms with E-state index < -0.39 is 9.84 Å². The van der Waals surface area contributed by atoms with Gasteiger partial charge in [0.2, 0.25) is 11.8 Å². The van der Waals surface area contributed by atoms with Crippen molar-refractivity contribution >= 4 is 27.3 Å². The molecular weight excluding hydrogens is 340 g/mol. The standard InChI is InChI=1S/C15H17ClN2O4S/c1-10-13(9-14(19)17-7-8-23(2,20)21)18-15(22-10)11-5-3-4-6-12(11)16/h3-6H,7-9H2,1-2H3,(H,17,19). The molecule has 0 bridgehead atoms. The van der Waals surface area contributed by atoms with Gasteiger partial charge in [-0.05, 0) is 19.1 Å². The Bertz CT molecular complexity index is 815. The molecule has 0 aliphatic rings. The van der Waals surface area contributed by atoms with E-state index in [9.17, 15) is 13.2 Å². The van der Waals surface area contributed by atoms with Crippen molar-refractivity contribution in [1.82, 2.24) is 10.3 Å². The molecule has 6 nitrogen and oxygen atoms in total. The summed E-state index contributed by atoms with van der Waals surface area (Å²) >= 11 is 6.10. The molecule has 1 amide bonds. The van der Waals surface area contributed by atoms with Crippen LogP contribution < -0.4 is 5.32 Å². The molecule has 1 heterocycles. The molecule has 2 rings (SSSR count). The lowest BCUT2D eigenvalue weighted by molar-refractivity contribution is -0.120. The molecule has 8 heteroatoms. The van der Waals surface area contributed by atoms with Crippen molar-refractivity contribution < 1.29 is 17.6 Å². The van der Waals surface area contributed by atoms with Crippen molar-refractivity contribution in [2.75, 3.05) is 18.6 Å². The highest BCUT2D eigenvalue weighted by atomic mass is 35.5. The number of nitrogens with zero attached hydrogens (tertiary/aromatic N) is 1. The van der Waals surface area contributed by atoms with E-state index in [4.69, 9.17) is 16.0 Å². The maximum absolute atomic E-state index is 11.8. The van der Waals surface area contributed by atoms with Crippen LogP contribution in [0.5, 0.6) is 0 Å². The smallest absolute Gasteiger partial charge is 0.228 e. The van der Waals surface area contributed by atoms with Gasteiger partial charge in [-0.2, -0.15) is 0 Å². The van der Waals surface area contributed by atoms with Gasteiger partial charge in [-0.15, -0.1) is 0 Å². The maximum Gasteiger partial charge on any atom is 0.228 e. The van der Waals surface area contributed by atoms with E-state index in [-0.39, 0.29) is 24.6 Å². The molecule has 0 saturated carbocycles. The Morgan fingerprint density at radius 2 is 2.04 bits per heavy atom. The fraction of sp³-hybridized carbons (Fsp3) is 0.333. The van der Waals surface area contributed by atoms with E-state index in [0.717, 1.165) is 6.26 Å². The summed E-state index contributed by atoms with van der Waals surface area (Å²) in [6, 6.07) is 7.13. The zero-order valence-electron chi connectivity index (χ0n) is 12.8. The van der Waals surface area contributed by atoms with E-state index in [2.05, 4.69) is 10.3 Å². The largest absolute Gasteiger partial charge is 0.441 e. The Kier molecular flexibility index (Phi) is 5.43. The number of carbonyl (C=O) groups is 1. The molecule has 0 unspecified atom stereocenters. The number of carbonyl (C=O) groups excluding carboxylic acids is 1. The molecule has 124 valence electrons. The van der Waals surface area contributed by atoms with Crippen molar-refractivity contribution in [3.05, 3.63) is 40.7 Å². The second-order valence-corrected chi connectivity index (χ2v) is 7.83. The third kappa shape index (κ3) is 5.07. The zero-order chi connectivity index (χ0) is 17.0. The highest BCUT2D eigenvalue weighted by Crippen LogP contribution is 2.28. The summed E-state index contributed by atoms with van der Waals surface area (Å²) in [5, 5.41) is 3.06. The molecule has 0 aliphatic heterocycles. The topological polar surface area (TPSA) is 89.3 Å². The van der Waals surface area contributed by atoms with Crippen molar-refractivity contribution in [1.29, 1.82) is 0 Å². The van der Waals surface area contributed by atoms with Crippen molar-refractivity contribution in [2.24, 2.45) is 0 Å². The molecule has 23 heavy (non-hydrogen) atoms. The van der Waals surface area contributed by atoms with Crippen LogP contribution in [0.4, 0.5) is 0 Å². The van der Waals surface area contributed by atoms with Crippen LogP contribution in [0, 0.1) is 6.92 Å². The second kappa shape index (κ2) is 7.14. The third-order valence-corrected chi connectivity index (χ3v) is 4.40. The summed E-state index contributed by atoms with van der Waals surface area (Å²) < 4.78 is 27.6. The predicted molar refractivity (Wildman–Crippen MR) is 88.1 cm³/mol. The minimum absolute atomic E-state index is 0.0174. The van der Waals surface area contributed by atoms with Gasteiger partial charge in [-0.1, -0.05) is 23.7 Å². The first kappa shape index (κ1) is 17.5. The van der Waals surface area contributed by atoms with E-state index in [1.54, 1.807) is 25.1 Å². The van der Waals surface area contributed by atoms with Gasteiger partial charge >= 0.3 is 0 Å². The van der Waals surface area contributed by atoms with Gasteiger partial charge < -0.3 is 9.73 Å². The average Bonchev–Trinajstić information content (AvgIpc) is 2.79. The van der Waals surface area contributed by atoms with Gasteiger partial charge in [0, 0.05) is 12.8 Å². The van der Waals surface area contributed by atoms with Crippen LogP contribution >= 0.6 is 11.6 Å². The number of nitrogens with one attached hydrogen (secondary N) is 1. The molecule has 1 aromatic carbocycles. The van der Waals surface area contributed by atoms with E-state index >= 15 is 0 Å². The Hall–Kier alpha value is -1.86. The Labute approximate surface area is 139 Å². The first-order chi connectivity index (χ1) is 10.8. The number of aromatic nitrogens is 1. The summed E-state index contributed by atoms with van der Waals surface area (Å²) in [5.41, 5.74) is 1.15. The van der Waals surface area contributed by atoms with Crippen LogP contribution in [-0.2, 0) is 21.1 Å². The Balaban J connectivity index is 2.04. The minimum atomic E-state index is -3.10. The summed E-state index contributed by atoms with van der Waals surface area (Å²) in [5.74, 6) is 0.475. The highest BCUT2D eigenvalue weighted by Gasteiger charge is 2.16. The first-order valence-corrected chi connectivity index (χ1v) is 9.36. The number of benzene rings is 1. The molecule has 1 aromatic heterocycles. The monoisotopic (exact) mass is 356 g/mol. The number of amides is 1. The molecule has 2 aromatic rings. The number of rotatable bonds is 6. The van der Waals surface area contributed by atoms with Gasteiger partial charge in [0.25, 0.3) is 0 Å². The number of sulfone groups is 1. The number of hydrogen-bond donors (Lipinski definition) is 1. The van der Waals surface area contributed by atoms with E-state index in [1.165, 1.54) is 0 Å². The normalized spacial score (nSPS) is 11.4. The lowest BCUT2D eigenvalue weighted by Gasteiger charge is -2.02. The van der Waals surface area contributed by atoms with Crippen LogP contribution in [0.25, 0.3) is 11.5 Å². The SMILES string of the molecule is Cc1oc(-c2ccccc2Cl)nc1CC(=O)NCCS(C)(=O)=O. The number of aryl methyl sites for hydroxylation is 1. The van der Waals surface area contributed by atoms with Crippen molar-refractivity contribution in [3.63, 3.8) is 0 Å². The zero-order valence-corrected chi connectivity index (χ0v) is 14.4. The van der Waals surface area contributed by atoms with Crippen molar-refractivity contribution in [2.45, 2.75) is 13.3 Å². The van der Waals surface area contributed by atoms with Crippen molar-refractivity contribution in [3.8, 4) is 11.5 Å². The summed E-state index contributed by atoms with van der Waals surface area (Å²) in [6.07, 6.45) is 1.14. The number of oxazole rings is 1. The van der Waals surface area contributed by atoms with Gasteiger partial charge in [0.1, 0.15) is 15.6 Å². The molecule has 0 radical (unpaired) electrons. The highest BCUT2D eigenvalue weighted by molar-refractivity contribution is 7.90. The molecule has 0 saturated heterocycles. The lowest BCUT2D eigenvalue weighted by atomic mass is 10.2. The summed E-state index contributed by atoms with van der Waals surface area (Å²) in [7, 11) is -3.10. The first-order valence-electron chi connectivity index (χ1n) is 6.92. The van der Waals surface area contributed by atoms with Gasteiger partial charge in [-0.3, -0.25) is 4.79 Å². The van der Waals surface area contributed by atoms with Crippen LogP contribution in [0.3, 0.4) is 0 Å². The van der Waals surface area contributed by atoms with Gasteiger partial charge in [0.05, 0.1) is 28.5 Å². The van der Waals surface area contributed by atoms with E-state index in [0.29, 0.717) is 27.9 Å². The quantitative estimate of drug-likeness (QED) is 0.855. The number of halogens is 1. The summed E-state index contributed by atoms with van der Waals surface area (Å²) in [6.45, 7) is 1.79. The van der Waals surface area contributed by atoms with Crippen LogP contribution in [0.1, 0.15) is 11.5 Å². The second-order valence-electron chi connectivity index (χ2n) is 5.16. The van der Waals surface area contributed by atoms with Gasteiger partial charge in [-0.25, -0.2) is 13.4 Å². The van der Waals surface area contributed by atoms with Crippen LogP contribution in [-0.4, -0.2) is 37.9 Å². The van der Waals surface area contributed by atoms with Crippen LogP contribution in [0.15, 0.2) is 28.7 Å². The Morgan fingerprint density at radius 3 is 2.70 bits per heavy atom. The van der Waals surface area contributed by atoms with Crippen LogP contribution in [0.2, 0.25) is 5.02 Å². The molecule has 0 fully saturated rings. The van der Waals surface area contributed by atoms with Gasteiger partial charge in [0.15, 0.2) is 0 Å². The minimum Gasteiger partial charge on any atom is -0.441 e. The molecule has 0 aliphatic carbocycles. The average molecular weight is 357 g/mol. The Morgan fingerprint density at radius 1 is 1.35 bits per heavy atom. The summed E-state index contributed by atoms with van der Waals surface area (Å²) in [4.78, 5) is 16.2. The fourth-order valence-electron chi connectivity index (χ4n) is 1.93. The predicted octanol–water partition coefficient (Wildman–Crippen LogP) is 2.01. The molecular formula is C15H17ClN2O4S. The molecule has 0 atom stereocenters. The number of hydrogen-bond acceptors (Lipinski definition) is 5. The maximum atomic E-state index is 11.8. The lowest BCUT2D eigenvalue weighted by Crippen LogP contribution is -2.30. The fourth-order valence-corrected chi connectivity index (χ4v) is 2.62.